The van der Waals surface area contributed by atoms with Gasteiger partial charge >= 0.3 is 5.97 Å². The standard InChI is InChI=1S/C11H21NO2/c1-4-6-9-12-10(3)7-8-11(13)14-5-2/h7-8,10,12H,4-6,9H2,1-3H3/b8-7+/t10-/m1/s1. The molecular formula is C11H21NO2. The van der Waals surface area contributed by atoms with Gasteiger partial charge in [0.15, 0.2) is 0 Å². The fourth-order valence-electron chi connectivity index (χ4n) is 0.988. The monoisotopic (exact) mass is 199 g/mol. The van der Waals surface area contributed by atoms with Crippen molar-refractivity contribution in [2.45, 2.75) is 39.7 Å². The summed E-state index contributed by atoms with van der Waals surface area (Å²) in [6.07, 6.45) is 5.65. The van der Waals surface area contributed by atoms with E-state index in [-0.39, 0.29) is 12.0 Å². The van der Waals surface area contributed by atoms with Crippen molar-refractivity contribution in [1.82, 2.24) is 5.32 Å². The van der Waals surface area contributed by atoms with Gasteiger partial charge in [-0.1, -0.05) is 19.4 Å². The van der Waals surface area contributed by atoms with Crippen molar-refractivity contribution in [3.05, 3.63) is 12.2 Å². The quantitative estimate of drug-likeness (QED) is 0.386. The Kier molecular flexibility index (Phi) is 8.24. The summed E-state index contributed by atoms with van der Waals surface area (Å²) in [4.78, 5) is 10.9. The van der Waals surface area contributed by atoms with Crippen LogP contribution in [0.2, 0.25) is 0 Å². The summed E-state index contributed by atoms with van der Waals surface area (Å²) in [7, 11) is 0. The van der Waals surface area contributed by atoms with Gasteiger partial charge in [-0.3, -0.25) is 0 Å². The van der Waals surface area contributed by atoms with Crippen LogP contribution in [-0.4, -0.2) is 25.2 Å². The molecule has 1 atom stereocenters. The van der Waals surface area contributed by atoms with Crippen LogP contribution in [0.15, 0.2) is 12.2 Å². The van der Waals surface area contributed by atoms with E-state index in [0.717, 1.165) is 13.0 Å². The van der Waals surface area contributed by atoms with Gasteiger partial charge in [0.25, 0.3) is 0 Å². The lowest BCUT2D eigenvalue weighted by Crippen LogP contribution is -2.25. The number of nitrogens with one attached hydrogen (secondary N) is 1. The summed E-state index contributed by atoms with van der Waals surface area (Å²) in [5.74, 6) is -0.267. The number of esters is 1. The van der Waals surface area contributed by atoms with Gasteiger partial charge in [0.2, 0.25) is 0 Å². The second-order valence-electron chi connectivity index (χ2n) is 3.21. The van der Waals surface area contributed by atoms with Crippen LogP contribution >= 0.6 is 0 Å². The molecule has 0 aromatic heterocycles. The van der Waals surface area contributed by atoms with Crippen LogP contribution in [0.5, 0.6) is 0 Å². The van der Waals surface area contributed by atoms with Gasteiger partial charge < -0.3 is 10.1 Å². The molecule has 1 N–H and O–H groups in total. The molecule has 14 heavy (non-hydrogen) atoms. The Morgan fingerprint density at radius 1 is 1.50 bits per heavy atom. The predicted molar refractivity (Wildman–Crippen MR) is 58.1 cm³/mol. The van der Waals surface area contributed by atoms with E-state index in [1.807, 2.05) is 13.0 Å². The molecule has 0 aliphatic carbocycles. The van der Waals surface area contributed by atoms with Gasteiger partial charge in [-0.2, -0.15) is 0 Å². The van der Waals surface area contributed by atoms with Crippen LogP contribution in [0.3, 0.4) is 0 Å². The van der Waals surface area contributed by atoms with E-state index in [9.17, 15) is 4.79 Å². The van der Waals surface area contributed by atoms with E-state index in [2.05, 4.69) is 12.2 Å². The summed E-state index contributed by atoms with van der Waals surface area (Å²) in [6, 6.07) is 0.228. The molecule has 0 rings (SSSR count). The summed E-state index contributed by atoms with van der Waals surface area (Å²) in [6.45, 7) is 7.40. The Hall–Kier alpha value is -0.830. The van der Waals surface area contributed by atoms with Crippen molar-refractivity contribution in [3.8, 4) is 0 Å². The summed E-state index contributed by atoms with van der Waals surface area (Å²) < 4.78 is 4.76. The zero-order valence-electron chi connectivity index (χ0n) is 9.38. The molecule has 0 heterocycles. The number of hydrogen-bond donors (Lipinski definition) is 1. The normalized spacial score (nSPS) is 13.1. The molecule has 0 saturated heterocycles. The maximum atomic E-state index is 10.9. The fourth-order valence-corrected chi connectivity index (χ4v) is 0.988. The first-order valence-corrected chi connectivity index (χ1v) is 5.29. The molecular weight excluding hydrogens is 178 g/mol. The first-order valence-electron chi connectivity index (χ1n) is 5.29. The van der Waals surface area contributed by atoms with Gasteiger partial charge in [0.1, 0.15) is 0 Å². The predicted octanol–water partition coefficient (Wildman–Crippen LogP) is 1.88. The van der Waals surface area contributed by atoms with Gasteiger partial charge in [-0.15, -0.1) is 0 Å². The van der Waals surface area contributed by atoms with E-state index in [1.54, 1.807) is 6.92 Å². The maximum Gasteiger partial charge on any atom is 0.330 e. The van der Waals surface area contributed by atoms with E-state index >= 15 is 0 Å². The molecule has 0 spiro atoms. The highest BCUT2D eigenvalue weighted by atomic mass is 16.5. The Labute approximate surface area is 86.5 Å². The van der Waals surface area contributed by atoms with Gasteiger partial charge in [-0.05, 0) is 26.8 Å². The first kappa shape index (κ1) is 13.2. The maximum absolute atomic E-state index is 10.9. The highest BCUT2D eigenvalue weighted by Crippen LogP contribution is 1.89. The summed E-state index contributed by atoms with van der Waals surface area (Å²) in [5.41, 5.74) is 0. The molecule has 0 unspecified atom stereocenters. The van der Waals surface area contributed by atoms with Crippen molar-refractivity contribution >= 4 is 5.97 Å². The third kappa shape index (κ3) is 7.80. The lowest BCUT2D eigenvalue weighted by Gasteiger charge is -2.07. The van der Waals surface area contributed by atoms with E-state index in [0.29, 0.717) is 6.61 Å². The molecule has 3 heteroatoms. The highest BCUT2D eigenvalue weighted by Gasteiger charge is 1.97. The third-order valence-electron chi connectivity index (χ3n) is 1.80. The van der Waals surface area contributed by atoms with Crippen molar-refractivity contribution < 1.29 is 9.53 Å². The van der Waals surface area contributed by atoms with E-state index in [4.69, 9.17) is 4.74 Å². The lowest BCUT2D eigenvalue weighted by molar-refractivity contribution is -0.137. The molecule has 0 radical (unpaired) electrons. The Bertz CT molecular complexity index is 178. The molecule has 0 aliphatic rings. The van der Waals surface area contributed by atoms with Crippen molar-refractivity contribution in [3.63, 3.8) is 0 Å². The smallest absolute Gasteiger partial charge is 0.330 e. The number of carbonyl (C=O) groups is 1. The first-order chi connectivity index (χ1) is 6.70. The second kappa shape index (κ2) is 8.75. The molecule has 0 amide bonds. The average Bonchev–Trinajstić information content (AvgIpc) is 2.16. The summed E-state index contributed by atoms with van der Waals surface area (Å²) >= 11 is 0. The van der Waals surface area contributed by atoms with E-state index in [1.165, 1.54) is 12.5 Å². The fraction of sp³-hybridized carbons (Fsp3) is 0.727. The van der Waals surface area contributed by atoms with Crippen LogP contribution in [0.4, 0.5) is 0 Å². The number of hydrogen-bond acceptors (Lipinski definition) is 3. The molecule has 82 valence electrons. The minimum absolute atomic E-state index is 0.228. The van der Waals surface area contributed by atoms with Gasteiger partial charge in [0.05, 0.1) is 6.61 Å². The Balaban J connectivity index is 3.58. The number of unbranched alkanes of at least 4 members (excludes halogenated alkanes) is 1. The number of carbonyl (C=O) groups excluding carboxylic acids is 1. The number of ether oxygens (including phenoxy) is 1. The minimum Gasteiger partial charge on any atom is -0.463 e. The summed E-state index contributed by atoms with van der Waals surface area (Å²) in [5, 5.41) is 3.29. The van der Waals surface area contributed by atoms with Crippen LogP contribution in [0, 0.1) is 0 Å². The highest BCUT2D eigenvalue weighted by molar-refractivity contribution is 5.81. The van der Waals surface area contributed by atoms with Crippen LogP contribution in [0.1, 0.15) is 33.6 Å². The van der Waals surface area contributed by atoms with Crippen molar-refractivity contribution in [2.75, 3.05) is 13.2 Å². The third-order valence-corrected chi connectivity index (χ3v) is 1.80. The molecule has 0 aliphatic heterocycles. The topological polar surface area (TPSA) is 38.3 Å². The molecule has 0 saturated carbocycles. The van der Waals surface area contributed by atoms with E-state index < -0.39 is 0 Å². The van der Waals surface area contributed by atoms with Crippen LogP contribution < -0.4 is 5.32 Å². The van der Waals surface area contributed by atoms with Crippen LogP contribution in [0.25, 0.3) is 0 Å². The van der Waals surface area contributed by atoms with Crippen molar-refractivity contribution in [1.29, 1.82) is 0 Å². The SMILES string of the molecule is CCCCN[C@H](C)/C=C/C(=O)OCC. The Morgan fingerprint density at radius 2 is 2.21 bits per heavy atom. The Morgan fingerprint density at radius 3 is 2.79 bits per heavy atom. The number of rotatable bonds is 7. The molecule has 0 aromatic rings. The van der Waals surface area contributed by atoms with Crippen LogP contribution in [-0.2, 0) is 9.53 Å². The molecule has 3 nitrogen and oxygen atoms in total. The average molecular weight is 199 g/mol. The minimum atomic E-state index is -0.267. The second-order valence-corrected chi connectivity index (χ2v) is 3.21. The molecule has 0 aromatic carbocycles. The van der Waals surface area contributed by atoms with Gasteiger partial charge in [-0.25, -0.2) is 4.79 Å². The molecule has 0 bridgehead atoms. The van der Waals surface area contributed by atoms with Crippen molar-refractivity contribution in [2.24, 2.45) is 0 Å². The zero-order chi connectivity index (χ0) is 10.8. The molecule has 0 fully saturated rings. The lowest BCUT2D eigenvalue weighted by atomic mass is 10.2. The van der Waals surface area contributed by atoms with Gasteiger partial charge in [0, 0.05) is 12.1 Å². The zero-order valence-corrected chi connectivity index (χ0v) is 9.38. The largest absolute Gasteiger partial charge is 0.463 e.